The second-order valence-electron chi connectivity index (χ2n) is 5.20. The Morgan fingerprint density at radius 1 is 1.27 bits per heavy atom. The van der Waals surface area contributed by atoms with Gasteiger partial charge in [0.15, 0.2) is 6.61 Å². The van der Waals surface area contributed by atoms with Gasteiger partial charge in [-0.05, 0) is 44.5 Å². The van der Waals surface area contributed by atoms with Crippen LogP contribution in [0.25, 0.3) is 0 Å². The van der Waals surface area contributed by atoms with Crippen LogP contribution in [0, 0.1) is 13.8 Å². The van der Waals surface area contributed by atoms with Crippen LogP contribution in [0.3, 0.4) is 0 Å². The summed E-state index contributed by atoms with van der Waals surface area (Å²) < 4.78 is 10.3. The van der Waals surface area contributed by atoms with Crippen molar-refractivity contribution in [3.05, 3.63) is 59.0 Å². The van der Waals surface area contributed by atoms with Crippen molar-refractivity contribution in [2.45, 2.75) is 26.8 Å². The fraction of sp³-hybridized carbons (Fsp3) is 0.294. The molecular weight excluding hydrogens is 282 g/mol. The predicted octanol–water partition coefficient (Wildman–Crippen LogP) is 2.93. The van der Waals surface area contributed by atoms with Gasteiger partial charge in [0.2, 0.25) is 0 Å². The third-order valence-electron chi connectivity index (χ3n) is 3.29. The lowest BCUT2D eigenvalue weighted by atomic mass is 10.1. The minimum atomic E-state index is -0.498. The molecule has 5 nitrogen and oxygen atoms in total. The van der Waals surface area contributed by atoms with E-state index in [1.165, 1.54) is 0 Å². The molecule has 1 aromatic carbocycles. The van der Waals surface area contributed by atoms with Gasteiger partial charge in [-0.25, -0.2) is 4.79 Å². The summed E-state index contributed by atoms with van der Waals surface area (Å²) in [6.07, 6.45) is 1.54. The largest absolute Gasteiger partial charge is 0.467 e. The summed E-state index contributed by atoms with van der Waals surface area (Å²) in [7, 11) is 0. The van der Waals surface area contributed by atoms with Crippen molar-refractivity contribution >= 4 is 11.9 Å². The van der Waals surface area contributed by atoms with Gasteiger partial charge in [-0.15, -0.1) is 0 Å². The molecule has 0 aliphatic heterocycles. The number of hydrogen-bond donors (Lipinski definition) is 1. The van der Waals surface area contributed by atoms with Gasteiger partial charge in [0.1, 0.15) is 5.76 Å². The van der Waals surface area contributed by atoms with Crippen LogP contribution in [0.5, 0.6) is 0 Å². The highest BCUT2D eigenvalue weighted by Crippen LogP contribution is 2.13. The van der Waals surface area contributed by atoms with Gasteiger partial charge in [-0.2, -0.15) is 0 Å². The summed E-state index contributed by atoms with van der Waals surface area (Å²) >= 11 is 0. The third kappa shape index (κ3) is 3.97. The van der Waals surface area contributed by atoms with E-state index in [1.807, 2.05) is 26.0 Å². The van der Waals surface area contributed by atoms with E-state index in [1.54, 1.807) is 31.4 Å². The van der Waals surface area contributed by atoms with Crippen LogP contribution >= 0.6 is 0 Å². The first-order valence-electron chi connectivity index (χ1n) is 7.04. The lowest BCUT2D eigenvalue weighted by Gasteiger charge is -2.12. The minimum Gasteiger partial charge on any atom is -0.467 e. The van der Waals surface area contributed by atoms with Crippen molar-refractivity contribution < 1.29 is 18.7 Å². The van der Waals surface area contributed by atoms with Gasteiger partial charge in [0, 0.05) is 0 Å². The Morgan fingerprint density at radius 3 is 2.73 bits per heavy atom. The average molecular weight is 301 g/mol. The molecule has 22 heavy (non-hydrogen) atoms. The molecule has 0 spiro atoms. The molecule has 2 rings (SSSR count). The Bertz CT molecular complexity index is 661. The first-order chi connectivity index (χ1) is 10.5. The molecule has 0 unspecified atom stereocenters. The smallest absolute Gasteiger partial charge is 0.338 e. The molecule has 116 valence electrons. The zero-order valence-corrected chi connectivity index (χ0v) is 12.9. The molecule has 0 aliphatic carbocycles. The van der Waals surface area contributed by atoms with Crippen molar-refractivity contribution in [2.75, 3.05) is 6.61 Å². The lowest BCUT2D eigenvalue weighted by Crippen LogP contribution is -2.31. The van der Waals surface area contributed by atoms with Crippen LogP contribution in [0.15, 0.2) is 41.0 Å². The van der Waals surface area contributed by atoms with Gasteiger partial charge in [0.25, 0.3) is 5.91 Å². The van der Waals surface area contributed by atoms with Crippen molar-refractivity contribution in [1.82, 2.24) is 5.32 Å². The van der Waals surface area contributed by atoms with E-state index in [4.69, 9.17) is 9.15 Å². The average Bonchev–Trinajstić information content (AvgIpc) is 3.01. The maximum Gasteiger partial charge on any atom is 0.338 e. The normalized spacial score (nSPS) is 11.8. The van der Waals surface area contributed by atoms with Crippen LogP contribution in [0.2, 0.25) is 0 Å². The van der Waals surface area contributed by atoms with Crippen LogP contribution in [0.1, 0.15) is 40.2 Å². The van der Waals surface area contributed by atoms with Gasteiger partial charge in [0.05, 0.1) is 17.9 Å². The second-order valence-corrected chi connectivity index (χ2v) is 5.20. The SMILES string of the molecule is Cc1ccc(C)c(C(=O)OCC(=O)N[C@@H](C)c2ccco2)c1. The molecular formula is C17H19NO4. The summed E-state index contributed by atoms with van der Waals surface area (Å²) in [5.74, 6) is -0.223. The van der Waals surface area contributed by atoms with Crippen LogP contribution < -0.4 is 5.32 Å². The summed E-state index contributed by atoms with van der Waals surface area (Å²) in [5, 5.41) is 2.71. The Balaban J connectivity index is 1.88. The van der Waals surface area contributed by atoms with E-state index in [0.29, 0.717) is 11.3 Å². The molecule has 0 fully saturated rings. The first-order valence-corrected chi connectivity index (χ1v) is 7.04. The number of esters is 1. The van der Waals surface area contributed by atoms with Crippen molar-refractivity contribution in [1.29, 1.82) is 0 Å². The lowest BCUT2D eigenvalue weighted by molar-refractivity contribution is -0.125. The fourth-order valence-electron chi connectivity index (χ4n) is 2.06. The number of rotatable bonds is 5. The quantitative estimate of drug-likeness (QED) is 0.862. The Hall–Kier alpha value is -2.56. The molecule has 0 bridgehead atoms. The fourth-order valence-corrected chi connectivity index (χ4v) is 2.06. The number of aryl methyl sites for hydroxylation is 2. The molecule has 0 saturated heterocycles. The zero-order chi connectivity index (χ0) is 16.1. The van der Waals surface area contributed by atoms with Crippen LogP contribution in [-0.4, -0.2) is 18.5 Å². The van der Waals surface area contributed by atoms with E-state index in [-0.39, 0.29) is 18.6 Å². The van der Waals surface area contributed by atoms with E-state index in [2.05, 4.69) is 5.32 Å². The summed E-state index contributed by atoms with van der Waals surface area (Å²) in [6.45, 7) is 5.20. The molecule has 0 radical (unpaired) electrons. The van der Waals surface area contributed by atoms with E-state index in [0.717, 1.165) is 11.1 Å². The van der Waals surface area contributed by atoms with Gasteiger partial charge in [-0.3, -0.25) is 4.79 Å². The molecule has 1 N–H and O–H groups in total. The van der Waals surface area contributed by atoms with E-state index < -0.39 is 5.97 Å². The molecule has 5 heteroatoms. The molecule has 1 amide bonds. The van der Waals surface area contributed by atoms with E-state index in [9.17, 15) is 9.59 Å². The Labute approximate surface area is 129 Å². The second kappa shape index (κ2) is 6.93. The molecule has 1 heterocycles. The van der Waals surface area contributed by atoms with Crippen molar-refractivity contribution in [3.8, 4) is 0 Å². The highest BCUT2D eigenvalue weighted by Gasteiger charge is 2.15. The maximum atomic E-state index is 12.0. The number of nitrogens with one attached hydrogen (secondary N) is 1. The standard InChI is InChI=1S/C17H19NO4/c1-11-6-7-12(2)14(9-11)17(20)22-10-16(19)18-13(3)15-5-4-8-21-15/h4-9,13H,10H2,1-3H3,(H,18,19)/t13-/m0/s1. The summed E-state index contributed by atoms with van der Waals surface area (Å²) in [6, 6.07) is 8.77. The topological polar surface area (TPSA) is 68.5 Å². The van der Waals surface area contributed by atoms with Crippen LogP contribution in [0.4, 0.5) is 0 Å². The molecule has 2 aromatic rings. The highest BCUT2D eigenvalue weighted by atomic mass is 16.5. The number of hydrogen-bond acceptors (Lipinski definition) is 4. The number of ether oxygens (including phenoxy) is 1. The monoisotopic (exact) mass is 301 g/mol. The Kier molecular flexibility index (Phi) is 4.99. The zero-order valence-electron chi connectivity index (χ0n) is 12.9. The predicted molar refractivity (Wildman–Crippen MR) is 81.5 cm³/mol. The van der Waals surface area contributed by atoms with E-state index >= 15 is 0 Å². The van der Waals surface area contributed by atoms with Crippen molar-refractivity contribution in [2.24, 2.45) is 0 Å². The molecule has 1 atom stereocenters. The number of furan rings is 1. The maximum absolute atomic E-state index is 12.0. The molecule has 1 aromatic heterocycles. The van der Waals surface area contributed by atoms with Gasteiger partial charge in [-0.1, -0.05) is 17.7 Å². The highest BCUT2D eigenvalue weighted by molar-refractivity contribution is 5.92. The number of carbonyl (C=O) groups excluding carboxylic acids is 2. The van der Waals surface area contributed by atoms with Crippen LogP contribution in [-0.2, 0) is 9.53 Å². The third-order valence-corrected chi connectivity index (χ3v) is 3.29. The van der Waals surface area contributed by atoms with Gasteiger partial charge >= 0.3 is 5.97 Å². The number of amides is 1. The molecule has 0 saturated carbocycles. The summed E-state index contributed by atoms with van der Waals surface area (Å²) in [5.41, 5.74) is 2.26. The number of carbonyl (C=O) groups is 2. The molecule has 0 aliphatic rings. The minimum absolute atomic E-state index is 0.276. The number of benzene rings is 1. The van der Waals surface area contributed by atoms with Gasteiger partial charge < -0.3 is 14.5 Å². The Morgan fingerprint density at radius 2 is 2.05 bits per heavy atom. The summed E-state index contributed by atoms with van der Waals surface area (Å²) in [4.78, 5) is 23.8. The first kappa shape index (κ1) is 15.8. The van der Waals surface area contributed by atoms with Crippen molar-refractivity contribution in [3.63, 3.8) is 0 Å².